The first-order valence-electron chi connectivity index (χ1n) is 4.84. The lowest BCUT2D eigenvalue weighted by atomic mass is 10.2. The topological polar surface area (TPSA) is 81.2 Å². The van der Waals surface area contributed by atoms with Crippen LogP contribution in [0.2, 0.25) is 5.02 Å². The molecule has 2 rings (SSSR count). The molecule has 0 aliphatic rings. The zero-order valence-electron chi connectivity index (χ0n) is 9.03. The Morgan fingerprint density at radius 3 is 2.88 bits per heavy atom. The van der Waals surface area contributed by atoms with Crippen LogP contribution >= 0.6 is 11.6 Å². The number of carbonyl (C=O) groups excluding carboxylic acids is 1. The summed E-state index contributed by atoms with van der Waals surface area (Å²) in [4.78, 5) is 15.6. The number of benzene rings is 1. The van der Waals surface area contributed by atoms with Crippen molar-refractivity contribution < 1.29 is 9.21 Å². The van der Waals surface area contributed by atoms with Crippen molar-refractivity contribution in [3.8, 4) is 0 Å². The molecule has 0 saturated carbocycles. The summed E-state index contributed by atoms with van der Waals surface area (Å²) < 4.78 is 4.97. The first-order valence-corrected chi connectivity index (χ1v) is 5.22. The minimum absolute atomic E-state index is 0.165. The Labute approximate surface area is 103 Å². The van der Waals surface area contributed by atoms with E-state index in [0.717, 1.165) is 0 Å². The number of rotatable bonds is 2. The van der Waals surface area contributed by atoms with E-state index in [-0.39, 0.29) is 5.76 Å². The highest BCUT2D eigenvalue weighted by Crippen LogP contribution is 2.24. The molecule has 0 radical (unpaired) electrons. The van der Waals surface area contributed by atoms with Gasteiger partial charge in [-0.1, -0.05) is 11.6 Å². The van der Waals surface area contributed by atoms with E-state index >= 15 is 0 Å². The van der Waals surface area contributed by atoms with Gasteiger partial charge in [0.15, 0.2) is 6.39 Å². The summed E-state index contributed by atoms with van der Waals surface area (Å²) >= 11 is 5.93. The minimum Gasteiger partial charge on any atom is -0.438 e. The zero-order chi connectivity index (χ0) is 12.4. The van der Waals surface area contributed by atoms with E-state index in [9.17, 15) is 4.79 Å². The largest absolute Gasteiger partial charge is 0.438 e. The van der Waals surface area contributed by atoms with E-state index in [0.29, 0.717) is 22.1 Å². The van der Waals surface area contributed by atoms with Crippen molar-refractivity contribution in [1.29, 1.82) is 0 Å². The molecule has 5 nitrogen and oxygen atoms in total. The van der Waals surface area contributed by atoms with Crippen LogP contribution in [0.4, 0.5) is 11.4 Å². The molecule has 0 aliphatic carbocycles. The van der Waals surface area contributed by atoms with E-state index in [1.807, 2.05) is 0 Å². The number of aromatic nitrogens is 1. The summed E-state index contributed by atoms with van der Waals surface area (Å²) in [6, 6.07) is 4.83. The number of oxazole rings is 1. The van der Waals surface area contributed by atoms with Crippen molar-refractivity contribution >= 4 is 28.9 Å². The summed E-state index contributed by atoms with van der Waals surface area (Å²) in [6.45, 7) is 1.68. The van der Waals surface area contributed by atoms with E-state index in [2.05, 4.69) is 10.3 Å². The van der Waals surface area contributed by atoms with Gasteiger partial charge >= 0.3 is 0 Å². The van der Waals surface area contributed by atoms with Gasteiger partial charge < -0.3 is 15.5 Å². The van der Waals surface area contributed by atoms with Crippen LogP contribution in [0.3, 0.4) is 0 Å². The van der Waals surface area contributed by atoms with Crippen LogP contribution in [0, 0.1) is 6.92 Å². The predicted octanol–water partition coefficient (Wildman–Crippen LogP) is 2.47. The van der Waals surface area contributed by atoms with Gasteiger partial charge in [-0.15, -0.1) is 0 Å². The first-order chi connectivity index (χ1) is 8.08. The number of carbonyl (C=O) groups is 1. The van der Waals surface area contributed by atoms with Gasteiger partial charge in [0.2, 0.25) is 5.76 Å². The third-order valence-corrected chi connectivity index (χ3v) is 2.51. The van der Waals surface area contributed by atoms with Gasteiger partial charge in [0.1, 0.15) is 0 Å². The van der Waals surface area contributed by atoms with Gasteiger partial charge in [-0.25, -0.2) is 4.98 Å². The van der Waals surface area contributed by atoms with E-state index in [1.54, 1.807) is 25.1 Å². The molecule has 88 valence electrons. The molecule has 0 unspecified atom stereocenters. The predicted molar refractivity (Wildman–Crippen MR) is 65.1 cm³/mol. The van der Waals surface area contributed by atoms with Crippen molar-refractivity contribution in [2.45, 2.75) is 6.92 Å². The van der Waals surface area contributed by atoms with Gasteiger partial charge in [-0.2, -0.15) is 0 Å². The number of anilines is 2. The van der Waals surface area contributed by atoms with Gasteiger partial charge in [0.25, 0.3) is 5.91 Å². The number of aryl methyl sites for hydroxylation is 1. The molecular weight excluding hydrogens is 242 g/mol. The van der Waals surface area contributed by atoms with Crippen molar-refractivity contribution in [2.75, 3.05) is 11.1 Å². The average molecular weight is 252 g/mol. The number of hydrogen-bond donors (Lipinski definition) is 2. The molecular formula is C11H10ClN3O2. The molecule has 0 bridgehead atoms. The molecule has 1 amide bonds. The van der Waals surface area contributed by atoms with Crippen molar-refractivity contribution in [3.63, 3.8) is 0 Å². The smallest absolute Gasteiger partial charge is 0.293 e. The Hall–Kier alpha value is -2.01. The normalized spacial score (nSPS) is 10.2. The summed E-state index contributed by atoms with van der Waals surface area (Å²) in [5, 5.41) is 2.99. The molecule has 1 aromatic carbocycles. The van der Waals surface area contributed by atoms with Crippen LogP contribution in [-0.4, -0.2) is 10.9 Å². The van der Waals surface area contributed by atoms with E-state index in [1.165, 1.54) is 6.39 Å². The molecule has 6 heteroatoms. The number of halogens is 1. The lowest BCUT2D eigenvalue weighted by Gasteiger charge is -2.06. The van der Waals surface area contributed by atoms with E-state index < -0.39 is 5.91 Å². The fraction of sp³-hybridized carbons (Fsp3) is 0.0909. The van der Waals surface area contributed by atoms with Gasteiger partial charge in [0, 0.05) is 5.69 Å². The zero-order valence-corrected chi connectivity index (χ0v) is 9.78. The number of nitrogen functional groups attached to an aromatic ring is 1. The lowest BCUT2D eigenvalue weighted by molar-refractivity contribution is 0.0996. The number of hydrogen-bond acceptors (Lipinski definition) is 4. The van der Waals surface area contributed by atoms with Gasteiger partial charge in [-0.3, -0.25) is 4.79 Å². The summed E-state index contributed by atoms with van der Waals surface area (Å²) in [6.07, 6.45) is 1.22. The molecule has 0 fully saturated rings. The summed E-state index contributed by atoms with van der Waals surface area (Å²) in [5.41, 5.74) is 7.08. The first kappa shape index (κ1) is 11.5. The number of nitrogens with zero attached hydrogens (tertiary/aromatic N) is 1. The maximum absolute atomic E-state index is 11.8. The molecule has 0 atom stereocenters. The molecule has 0 spiro atoms. The molecule has 17 heavy (non-hydrogen) atoms. The maximum atomic E-state index is 11.8. The SMILES string of the molecule is Cc1ncoc1C(=O)Nc1ccc(N)cc1Cl. The van der Waals surface area contributed by atoms with Crippen LogP contribution in [-0.2, 0) is 0 Å². The van der Waals surface area contributed by atoms with Crippen LogP contribution < -0.4 is 11.1 Å². The van der Waals surface area contributed by atoms with Crippen molar-refractivity contribution in [3.05, 3.63) is 41.1 Å². The minimum atomic E-state index is -0.397. The summed E-state index contributed by atoms with van der Waals surface area (Å²) in [7, 11) is 0. The Bertz CT molecular complexity index is 566. The molecule has 1 heterocycles. The van der Waals surface area contributed by atoms with Crippen LogP contribution in [0.1, 0.15) is 16.2 Å². The number of nitrogens with one attached hydrogen (secondary N) is 1. The highest BCUT2D eigenvalue weighted by atomic mass is 35.5. The van der Waals surface area contributed by atoms with Gasteiger partial charge in [-0.05, 0) is 25.1 Å². The Morgan fingerprint density at radius 2 is 2.29 bits per heavy atom. The monoisotopic (exact) mass is 251 g/mol. The fourth-order valence-electron chi connectivity index (χ4n) is 1.33. The van der Waals surface area contributed by atoms with Crippen LogP contribution in [0.15, 0.2) is 29.0 Å². The lowest BCUT2D eigenvalue weighted by Crippen LogP contribution is -2.12. The van der Waals surface area contributed by atoms with Crippen LogP contribution in [0.5, 0.6) is 0 Å². The van der Waals surface area contributed by atoms with Crippen molar-refractivity contribution in [2.24, 2.45) is 0 Å². The van der Waals surface area contributed by atoms with E-state index in [4.69, 9.17) is 21.8 Å². The number of nitrogens with two attached hydrogens (primary N) is 1. The molecule has 1 aromatic heterocycles. The Kier molecular flexibility index (Phi) is 3.01. The average Bonchev–Trinajstić information content (AvgIpc) is 2.68. The Balaban J connectivity index is 2.22. The Morgan fingerprint density at radius 1 is 1.53 bits per heavy atom. The third-order valence-electron chi connectivity index (χ3n) is 2.19. The molecule has 0 saturated heterocycles. The highest BCUT2D eigenvalue weighted by Gasteiger charge is 2.15. The van der Waals surface area contributed by atoms with Gasteiger partial charge in [0.05, 0.1) is 16.4 Å². The number of amides is 1. The quantitative estimate of drug-likeness (QED) is 0.804. The standard InChI is InChI=1S/C11H10ClN3O2/c1-6-10(17-5-14-6)11(16)15-9-3-2-7(13)4-8(9)12/h2-5H,13H2,1H3,(H,15,16). The second-order valence-electron chi connectivity index (χ2n) is 3.46. The fourth-order valence-corrected chi connectivity index (χ4v) is 1.57. The summed E-state index contributed by atoms with van der Waals surface area (Å²) in [5.74, 6) is -0.232. The maximum Gasteiger partial charge on any atom is 0.293 e. The molecule has 3 N–H and O–H groups in total. The van der Waals surface area contributed by atoms with Crippen molar-refractivity contribution in [1.82, 2.24) is 4.98 Å². The molecule has 2 aromatic rings. The highest BCUT2D eigenvalue weighted by molar-refractivity contribution is 6.34. The third kappa shape index (κ3) is 2.39. The van der Waals surface area contributed by atoms with Crippen LogP contribution in [0.25, 0.3) is 0 Å². The second kappa shape index (κ2) is 4.47. The second-order valence-corrected chi connectivity index (χ2v) is 3.87. The molecule has 0 aliphatic heterocycles.